The van der Waals surface area contributed by atoms with Crippen molar-refractivity contribution < 1.29 is 9.15 Å². The second kappa shape index (κ2) is 5.55. The molecule has 12 heavy (non-hydrogen) atoms. The number of furan rings is 1. The SMILES string of the molecule is CCOCCN=Cc1ccco1. The fourth-order valence-electron chi connectivity index (χ4n) is 0.781. The first-order chi connectivity index (χ1) is 5.93. The average molecular weight is 167 g/mol. The van der Waals surface area contributed by atoms with Crippen LogP contribution in [0.5, 0.6) is 0 Å². The number of rotatable bonds is 5. The van der Waals surface area contributed by atoms with Crippen LogP contribution in [0.4, 0.5) is 0 Å². The Hall–Kier alpha value is -1.09. The van der Waals surface area contributed by atoms with E-state index in [4.69, 9.17) is 9.15 Å². The summed E-state index contributed by atoms with van der Waals surface area (Å²) in [6.07, 6.45) is 3.34. The summed E-state index contributed by atoms with van der Waals surface area (Å²) in [5, 5.41) is 0. The Bertz CT molecular complexity index is 216. The molecular weight excluding hydrogens is 154 g/mol. The Labute approximate surface area is 72.1 Å². The van der Waals surface area contributed by atoms with Crippen LogP contribution >= 0.6 is 0 Å². The van der Waals surface area contributed by atoms with E-state index in [9.17, 15) is 0 Å². The summed E-state index contributed by atoms with van der Waals surface area (Å²) in [6.45, 7) is 4.08. The van der Waals surface area contributed by atoms with Crippen molar-refractivity contribution in [1.29, 1.82) is 0 Å². The lowest BCUT2D eigenvalue weighted by atomic mass is 10.5. The minimum absolute atomic E-state index is 0.674. The van der Waals surface area contributed by atoms with Crippen LogP contribution in [0, 0.1) is 0 Å². The van der Waals surface area contributed by atoms with E-state index in [2.05, 4.69) is 4.99 Å². The normalized spacial score (nSPS) is 11.1. The van der Waals surface area contributed by atoms with Crippen molar-refractivity contribution in [1.82, 2.24) is 0 Å². The molecule has 0 aliphatic heterocycles. The van der Waals surface area contributed by atoms with Gasteiger partial charge in [0.05, 0.1) is 25.6 Å². The van der Waals surface area contributed by atoms with Gasteiger partial charge in [-0.25, -0.2) is 0 Å². The van der Waals surface area contributed by atoms with Gasteiger partial charge in [-0.05, 0) is 19.1 Å². The summed E-state index contributed by atoms with van der Waals surface area (Å²) < 4.78 is 10.2. The van der Waals surface area contributed by atoms with Gasteiger partial charge >= 0.3 is 0 Å². The Balaban J connectivity index is 2.14. The molecule has 0 aliphatic rings. The molecule has 1 aromatic rings. The number of nitrogens with zero attached hydrogens (tertiary/aromatic N) is 1. The maximum atomic E-state index is 5.11. The standard InChI is InChI=1S/C9H13NO2/c1-2-11-7-5-10-8-9-4-3-6-12-9/h3-4,6,8H,2,5,7H2,1H3. The van der Waals surface area contributed by atoms with Gasteiger partial charge in [0.15, 0.2) is 0 Å². The van der Waals surface area contributed by atoms with E-state index in [1.807, 2.05) is 19.1 Å². The molecule has 0 unspecified atom stereocenters. The third-order valence-corrected chi connectivity index (χ3v) is 1.33. The van der Waals surface area contributed by atoms with Crippen LogP contribution in [0.25, 0.3) is 0 Å². The van der Waals surface area contributed by atoms with Gasteiger partial charge in [0.25, 0.3) is 0 Å². The fourth-order valence-corrected chi connectivity index (χ4v) is 0.781. The molecule has 0 saturated carbocycles. The minimum atomic E-state index is 0.674. The summed E-state index contributed by atoms with van der Waals surface area (Å²) in [4.78, 5) is 4.11. The van der Waals surface area contributed by atoms with Gasteiger partial charge in [0.1, 0.15) is 5.76 Å². The van der Waals surface area contributed by atoms with E-state index in [1.54, 1.807) is 12.5 Å². The lowest BCUT2D eigenvalue weighted by Crippen LogP contribution is -1.96. The summed E-state index contributed by atoms with van der Waals surface area (Å²) in [7, 11) is 0. The van der Waals surface area contributed by atoms with E-state index in [-0.39, 0.29) is 0 Å². The van der Waals surface area contributed by atoms with Crippen LogP contribution in [0.1, 0.15) is 12.7 Å². The zero-order valence-corrected chi connectivity index (χ0v) is 7.19. The van der Waals surface area contributed by atoms with Gasteiger partial charge < -0.3 is 9.15 Å². The zero-order chi connectivity index (χ0) is 8.65. The number of hydrogen-bond acceptors (Lipinski definition) is 3. The van der Waals surface area contributed by atoms with Crippen molar-refractivity contribution >= 4 is 6.21 Å². The second-order valence-corrected chi connectivity index (χ2v) is 2.25. The number of hydrogen-bond donors (Lipinski definition) is 0. The molecule has 0 aromatic carbocycles. The molecule has 0 radical (unpaired) electrons. The summed E-state index contributed by atoms with van der Waals surface area (Å²) in [5.41, 5.74) is 0. The fraction of sp³-hybridized carbons (Fsp3) is 0.444. The molecule has 0 fully saturated rings. The molecule has 3 nitrogen and oxygen atoms in total. The molecule has 0 atom stereocenters. The van der Waals surface area contributed by atoms with Crippen LogP contribution < -0.4 is 0 Å². The van der Waals surface area contributed by atoms with Crippen molar-refractivity contribution in [2.24, 2.45) is 4.99 Å². The van der Waals surface area contributed by atoms with Crippen LogP contribution in [0.2, 0.25) is 0 Å². The van der Waals surface area contributed by atoms with E-state index in [1.165, 1.54) is 0 Å². The first-order valence-corrected chi connectivity index (χ1v) is 4.04. The quantitative estimate of drug-likeness (QED) is 0.494. The third-order valence-electron chi connectivity index (χ3n) is 1.33. The molecule has 0 N–H and O–H groups in total. The molecular formula is C9H13NO2. The van der Waals surface area contributed by atoms with Crippen molar-refractivity contribution in [2.75, 3.05) is 19.8 Å². The van der Waals surface area contributed by atoms with Gasteiger partial charge in [-0.15, -0.1) is 0 Å². The predicted octanol–water partition coefficient (Wildman–Crippen LogP) is 1.74. The lowest BCUT2D eigenvalue weighted by Gasteiger charge is -1.94. The maximum absolute atomic E-state index is 5.11. The van der Waals surface area contributed by atoms with E-state index < -0.39 is 0 Å². The van der Waals surface area contributed by atoms with Crippen molar-refractivity contribution in [3.05, 3.63) is 24.2 Å². The predicted molar refractivity (Wildman–Crippen MR) is 47.7 cm³/mol. The van der Waals surface area contributed by atoms with Gasteiger partial charge in [0.2, 0.25) is 0 Å². The van der Waals surface area contributed by atoms with Crippen molar-refractivity contribution in [3.8, 4) is 0 Å². The Kier molecular flexibility index (Phi) is 4.16. The molecule has 0 saturated heterocycles. The van der Waals surface area contributed by atoms with Crippen LogP contribution in [-0.4, -0.2) is 26.0 Å². The molecule has 0 amide bonds. The monoisotopic (exact) mass is 167 g/mol. The molecule has 1 heterocycles. The van der Waals surface area contributed by atoms with Gasteiger partial charge in [-0.3, -0.25) is 4.99 Å². The second-order valence-electron chi connectivity index (χ2n) is 2.25. The topological polar surface area (TPSA) is 34.7 Å². The van der Waals surface area contributed by atoms with E-state index in [0.29, 0.717) is 13.2 Å². The molecule has 0 bridgehead atoms. The van der Waals surface area contributed by atoms with Gasteiger partial charge in [-0.2, -0.15) is 0 Å². The minimum Gasteiger partial charge on any atom is -0.463 e. The Morgan fingerprint density at radius 3 is 3.25 bits per heavy atom. The Morgan fingerprint density at radius 2 is 2.58 bits per heavy atom. The third kappa shape index (κ3) is 3.34. The Morgan fingerprint density at radius 1 is 1.67 bits per heavy atom. The molecule has 0 spiro atoms. The van der Waals surface area contributed by atoms with Crippen LogP contribution in [0.3, 0.4) is 0 Å². The van der Waals surface area contributed by atoms with Crippen LogP contribution in [-0.2, 0) is 4.74 Å². The van der Waals surface area contributed by atoms with Crippen molar-refractivity contribution in [3.63, 3.8) is 0 Å². The highest BCUT2D eigenvalue weighted by Crippen LogP contribution is 1.94. The molecule has 1 rings (SSSR count). The maximum Gasteiger partial charge on any atom is 0.144 e. The zero-order valence-electron chi connectivity index (χ0n) is 7.19. The number of aliphatic imine (C=N–C) groups is 1. The van der Waals surface area contributed by atoms with E-state index >= 15 is 0 Å². The highest BCUT2D eigenvalue weighted by Gasteiger charge is 1.86. The highest BCUT2D eigenvalue weighted by atomic mass is 16.5. The molecule has 1 aromatic heterocycles. The summed E-state index contributed by atoms with van der Waals surface area (Å²) in [5.74, 6) is 0.784. The first kappa shape index (κ1) is 9.00. The largest absolute Gasteiger partial charge is 0.463 e. The first-order valence-electron chi connectivity index (χ1n) is 4.04. The number of ether oxygens (including phenoxy) is 1. The smallest absolute Gasteiger partial charge is 0.144 e. The lowest BCUT2D eigenvalue weighted by molar-refractivity contribution is 0.156. The van der Waals surface area contributed by atoms with Gasteiger partial charge in [-0.1, -0.05) is 0 Å². The molecule has 66 valence electrons. The van der Waals surface area contributed by atoms with E-state index in [0.717, 1.165) is 12.4 Å². The molecule has 0 aliphatic carbocycles. The summed E-state index contributed by atoms with van der Waals surface area (Å²) in [6, 6.07) is 3.70. The van der Waals surface area contributed by atoms with Crippen molar-refractivity contribution in [2.45, 2.75) is 6.92 Å². The summed E-state index contributed by atoms with van der Waals surface area (Å²) >= 11 is 0. The highest BCUT2D eigenvalue weighted by molar-refractivity contribution is 5.75. The van der Waals surface area contributed by atoms with Crippen LogP contribution in [0.15, 0.2) is 27.8 Å². The average Bonchev–Trinajstić information content (AvgIpc) is 2.57. The van der Waals surface area contributed by atoms with Gasteiger partial charge in [0, 0.05) is 6.61 Å². The molecule has 3 heteroatoms.